The minimum absolute atomic E-state index is 0.00433. The first kappa shape index (κ1) is 17.6. The van der Waals surface area contributed by atoms with Gasteiger partial charge in [-0.05, 0) is 78.5 Å². The Morgan fingerprint density at radius 2 is 2.19 bits per heavy atom. The number of ether oxygens (including phenoxy) is 1. The zero-order chi connectivity index (χ0) is 18.5. The van der Waals surface area contributed by atoms with Crippen LogP contribution in [-0.2, 0) is 6.42 Å². The highest BCUT2D eigenvalue weighted by atomic mass is 16.5. The van der Waals surface area contributed by atoms with Crippen molar-refractivity contribution in [3.63, 3.8) is 0 Å². The van der Waals surface area contributed by atoms with Gasteiger partial charge in [-0.2, -0.15) is 5.26 Å². The highest BCUT2D eigenvalue weighted by Crippen LogP contribution is 2.60. The van der Waals surface area contributed by atoms with Crippen LogP contribution in [0.2, 0.25) is 0 Å². The highest BCUT2D eigenvalue weighted by molar-refractivity contribution is 5.41. The van der Waals surface area contributed by atoms with E-state index in [4.69, 9.17) is 4.74 Å². The molecule has 3 aliphatic carbocycles. The summed E-state index contributed by atoms with van der Waals surface area (Å²) in [6.45, 7) is 4.08. The van der Waals surface area contributed by atoms with Crippen LogP contribution in [0.4, 0.5) is 0 Å². The van der Waals surface area contributed by atoms with Crippen LogP contribution in [0.15, 0.2) is 30.9 Å². The molecule has 0 saturated heterocycles. The van der Waals surface area contributed by atoms with Gasteiger partial charge < -0.3 is 14.9 Å². The number of nitriles is 1. The van der Waals surface area contributed by atoms with Gasteiger partial charge in [0.2, 0.25) is 0 Å². The first-order valence-corrected chi connectivity index (χ1v) is 9.60. The molecule has 7 atom stereocenters. The van der Waals surface area contributed by atoms with Crippen molar-refractivity contribution in [1.29, 1.82) is 5.26 Å². The summed E-state index contributed by atoms with van der Waals surface area (Å²) in [6, 6.07) is 8.46. The van der Waals surface area contributed by atoms with E-state index >= 15 is 0 Å². The minimum atomic E-state index is -1.27. The van der Waals surface area contributed by atoms with Crippen LogP contribution in [0.25, 0.3) is 0 Å². The van der Waals surface area contributed by atoms with Gasteiger partial charge in [-0.1, -0.05) is 12.1 Å². The molecule has 0 radical (unpaired) electrons. The summed E-state index contributed by atoms with van der Waals surface area (Å²) in [5, 5.41) is 30.9. The molecule has 4 rings (SSSR count). The average Bonchev–Trinajstić information content (AvgIpc) is 2.91. The molecule has 138 valence electrons. The third kappa shape index (κ3) is 2.41. The molecular formula is C22H27NO3. The molecule has 0 heterocycles. The maximum Gasteiger partial charge on any atom is 0.119 e. The van der Waals surface area contributed by atoms with Crippen molar-refractivity contribution >= 4 is 0 Å². The summed E-state index contributed by atoms with van der Waals surface area (Å²) in [6.07, 6.45) is 4.64. The summed E-state index contributed by atoms with van der Waals surface area (Å²) in [4.78, 5) is 0. The Morgan fingerprint density at radius 3 is 2.88 bits per heavy atom. The fraction of sp³-hybridized carbons (Fsp3) is 0.591. The van der Waals surface area contributed by atoms with Crippen LogP contribution < -0.4 is 4.74 Å². The number of benzene rings is 1. The van der Waals surface area contributed by atoms with Crippen LogP contribution in [0.3, 0.4) is 0 Å². The smallest absolute Gasteiger partial charge is 0.119 e. The maximum atomic E-state index is 11.1. The van der Waals surface area contributed by atoms with Gasteiger partial charge >= 0.3 is 0 Å². The number of fused-ring (bicyclic) bond motifs is 5. The molecule has 2 saturated carbocycles. The monoisotopic (exact) mass is 353 g/mol. The van der Waals surface area contributed by atoms with E-state index in [0.717, 1.165) is 25.0 Å². The van der Waals surface area contributed by atoms with Crippen LogP contribution in [0.5, 0.6) is 5.75 Å². The number of methoxy groups -OCH3 is 1. The van der Waals surface area contributed by atoms with Gasteiger partial charge in [-0.3, -0.25) is 0 Å². The van der Waals surface area contributed by atoms with E-state index in [0.29, 0.717) is 18.3 Å². The van der Waals surface area contributed by atoms with Crippen LogP contribution in [-0.4, -0.2) is 29.0 Å². The molecule has 26 heavy (non-hydrogen) atoms. The first-order valence-electron chi connectivity index (χ1n) is 9.60. The lowest BCUT2D eigenvalue weighted by Crippen LogP contribution is -2.48. The number of hydrogen-bond donors (Lipinski definition) is 2. The van der Waals surface area contributed by atoms with Crippen molar-refractivity contribution in [3.8, 4) is 11.8 Å². The molecule has 2 fully saturated rings. The second-order valence-electron chi connectivity index (χ2n) is 8.28. The summed E-state index contributed by atoms with van der Waals surface area (Å²) < 4.78 is 5.39. The molecule has 4 nitrogen and oxygen atoms in total. The molecule has 2 N–H and O–H groups in total. The number of aliphatic hydroxyl groups is 2. The molecule has 1 aromatic rings. The molecule has 0 amide bonds. The number of rotatable bonds is 3. The van der Waals surface area contributed by atoms with Gasteiger partial charge in [-0.15, -0.1) is 6.58 Å². The molecule has 0 aliphatic heterocycles. The van der Waals surface area contributed by atoms with Gasteiger partial charge in [0, 0.05) is 0 Å². The topological polar surface area (TPSA) is 73.5 Å². The van der Waals surface area contributed by atoms with E-state index in [1.165, 1.54) is 11.1 Å². The zero-order valence-electron chi connectivity index (χ0n) is 15.3. The molecule has 4 heteroatoms. The summed E-state index contributed by atoms with van der Waals surface area (Å²) in [5.41, 5.74) is 1.45. The molecule has 7 unspecified atom stereocenters. The Balaban J connectivity index is 1.73. The molecular weight excluding hydrogens is 326 g/mol. The molecule has 3 aliphatic rings. The van der Waals surface area contributed by atoms with Crippen molar-refractivity contribution in [1.82, 2.24) is 0 Å². The largest absolute Gasteiger partial charge is 0.497 e. The molecule has 0 spiro atoms. The van der Waals surface area contributed by atoms with Gasteiger partial charge in [0.05, 0.1) is 25.7 Å². The second-order valence-corrected chi connectivity index (χ2v) is 8.28. The predicted molar refractivity (Wildman–Crippen MR) is 98.6 cm³/mol. The van der Waals surface area contributed by atoms with E-state index in [1.54, 1.807) is 7.11 Å². The highest BCUT2D eigenvalue weighted by Gasteiger charge is 2.60. The van der Waals surface area contributed by atoms with Crippen LogP contribution >= 0.6 is 0 Å². The minimum Gasteiger partial charge on any atom is -0.497 e. The van der Waals surface area contributed by atoms with E-state index in [9.17, 15) is 15.5 Å². The average molecular weight is 353 g/mol. The fourth-order valence-electron chi connectivity index (χ4n) is 6.17. The molecule has 0 aromatic heterocycles. The van der Waals surface area contributed by atoms with E-state index in [2.05, 4.69) is 24.8 Å². The Labute approximate surface area is 155 Å². The van der Waals surface area contributed by atoms with Gasteiger partial charge in [-0.25, -0.2) is 0 Å². The lowest BCUT2D eigenvalue weighted by atomic mass is 9.55. The maximum absolute atomic E-state index is 11.1. The number of nitrogens with zero attached hydrogens (tertiary/aromatic N) is 1. The molecule has 1 aromatic carbocycles. The summed E-state index contributed by atoms with van der Waals surface area (Å²) in [5.74, 6) is 2.18. The standard InChI is InChI=1S/C22H27NO3/c1-3-13-11-19-18(12-20(24)22(19,25)8-9-23)17-6-4-14-10-15(26-2)5-7-16(14)21(13)17/h3,5,7,10,13,17-21,24-25H,1,4,6,8,11-12H2,2H3. The van der Waals surface area contributed by atoms with E-state index in [1.807, 2.05) is 12.1 Å². The SMILES string of the molecule is C=CC1CC2C(CC(O)C2(O)CC#N)C2CCc3cc(OC)ccc3C12. The summed E-state index contributed by atoms with van der Waals surface area (Å²) >= 11 is 0. The van der Waals surface area contributed by atoms with Crippen molar-refractivity contribution < 1.29 is 14.9 Å². The number of aryl methyl sites for hydroxylation is 1. The Bertz CT molecular complexity index is 754. The normalized spacial score (nSPS) is 40.7. The number of allylic oxidation sites excluding steroid dienone is 1. The fourth-order valence-corrected chi connectivity index (χ4v) is 6.17. The third-order valence-electron chi connectivity index (χ3n) is 7.35. The van der Waals surface area contributed by atoms with Gasteiger partial charge in [0.25, 0.3) is 0 Å². The molecule has 0 bridgehead atoms. The van der Waals surface area contributed by atoms with Crippen molar-refractivity contribution in [2.45, 2.75) is 49.7 Å². The van der Waals surface area contributed by atoms with E-state index in [-0.39, 0.29) is 24.2 Å². The number of aliphatic hydroxyl groups excluding tert-OH is 1. The third-order valence-corrected chi connectivity index (χ3v) is 7.35. The van der Waals surface area contributed by atoms with Crippen molar-refractivity contribution in [2.75, 3.05) is 7.11 Å². The number of hydrogen-bond acceptors (Lipinski definition) is 4. The lowest BCUT2D eigenvalue weighted by molar-refractivity contribution is -0.0936. The Kier molecular flexibility index (Phi) is 4.33. The van der Waals surface area contributed by atoms with Gasteiger partial charge in [0.1, 0.15) is 11.4 Å². The lowest BCUT2D eigenvalue weighted by Gasteiger charge is -2.49. The van der Waals surface area contributed by atoms with Crippen molar-refractivity contribution in [2.24, 2.45) is 23.7 Å². The first-order chi connectivity index (χ1) is 12.5. The second kappa shape index (κ2) is 6.40. The summed E-state index contributed by atoms with van der Waals surface area (Å²) in [7, 11) is 1.70. The van der Waals surface area contributed by atoms with Crippen molar-refractivity contribution in [3.05, 3.63) is 42.0 Å². The van der Waals surface area contributed by atoms with Crippen LogP contribution in [0.1, 0.15) is 42.7 Å². The zero-order valence-corrected chi connectivity index (χ0v) is 15.3. The van der Waals surface area contributed by atoms with E-state index < -0.39 is 11.7 Å². The Hall–Kier alpha value is -1.83. The van der Waals surface area contributed by atoms with Gasteiger partial charge in [0.15, 0.2) is 0 Å². The van der Waals surface area contributed by atoms with Crippen LogP contribution in [0, 0.1) is 35.0 Å². The quantitative estimate of drug-likeness (QED) is 0.819. The predicted octanol–water partition coefficient (Wildman–Crippen LogP) is 3.19. The Morgan fingerprint density at radius 1 is 1.38 bits per heavy atom.